The second kappa shape index (κ2) is 5.70. The molecule has 0 aliphatic carbocycles. The van der Waals surface area contributed by atoms with E-state index in [-0.39, 0.29) is 5.41 Å². The van der Waals surface area contributed by atoms with E-state index < -0.39 is 0 Å². The third kappa shape index (κ3) is 3.41. The number of anilines is 1. The summed E-state index contributed by atoms with van der Waals surface area (Å²) in [5.41, 5.74) is 5.37. The van der Waals surface area contributed by atoms with E-state index in [2.05, 4.69) is 88.5 Å². The van der Waals surface area contributed by atoms with Crippen LogP contribution in [0.15, 0.2) is 48.5 Å². The third-order valence-corrected chi connectivity index (χ3v) is 3.65. The standard InChI is InChI=1S/C19H25N/c1-14-9-8-10-16(13-14)15(2)20-18-12-7-6-11-17(18)19(3,4)5/h6-13,15,20H,1-5H3. The average Bonchev–Trinajstić information content (AvgIpc) is 2.38. The lowest BCUT2D eigenvalue weighted by Crippen LogP contribution is -2.16. The fourth-order valence-corrected chi connectivity index (χ4v) is 2.52. The lowest BCUT2D eigenvalue weighted by Gasteiger charge is -2.26. The highest BCUT2D eigenvalue weighted by molar-refractivity contribution is 5.55. The van der Waals surface area contributed by atoms with E-state index in [1.807, 2.05) is 0 Å². The minimum atomic E-state index is 0.149. The molecule has 1 unspecified atom stereocenters. The highest BCUT2D eigenvalue weighted by Gasteiger charge is 2.18. The minimum Gasteiger partial charge on any atom is -0.378 e. The molecule has 2 rings (SSSR count). The molecule has 0 aromatic heterocycles. The summed E-state index contributed by atoms with van der Waals surface area (Å²) in [5, 5.41) is 3.66. The van der Waals surface area contributed by atoms with Crippen LogP contribution in [0.5, 0.6) is 0 Å². The molecular formula is C19H25N. The van der Waals surface area contributed by atoms with E-state index in [1.54, 1.807) is 0 Å². The van der Waals surface area contributed by atoms with Crippen LogP contribution in [0.3, 0.4) is 0 Å². The van der Waals surface area contributed by atoms with E-state index in [0.29, 0.717) is 6.04 Å². The Bertz CT molecular complexity index is 578. The smallest absolute Gasteiger partial charge is 0.0485 e. The molecule has 0 radical (unpaired) electrons. The average molecular weight is 267 g/mol. The van der Waals surface area contributed by atoms with Crippen molar-refractivity contribution in [2.45, 2.75) is 46.1 Å². The van der Waals surface area contributed by atoms with Gasteiger partial charge in [-0.2, -0.15) is 0 Å². The number of benzene rings is 2. The van der Waals surface area contributed by atoms with Crippen molar-refractivity contribution in [2.24, 2.45) is 0 Å². The number of nitrogens with one attached hydrogen (secondary N) is 1. The van der Waals surface area contributed by atoms with Crippen LogP contribution >= 0.6 is 0 Å². The van der Waals surface area contributed by atoms with Crippen LogP contribution in [0, 0.1) is 6.92 Å². The monoisotopic (exact) mass is 267 g/mol. The van der Waals surface area contributed by atoms with Crippen molar-refractivity contribution in [3.63, 3.8) is 0 Å². The third-order valence-electron chi connectivity index (χ3n) is 3.65. The molecule has 0 amide bonds. The van der Waals surface area contributed by atoms with E-state index >= 15 is 0 Å². The highest BCUT2D eigenvalue weighted by atomic mass is 14.9. The Morgan fingerprint density at radius 3 is 2.30 bits per heavy atom. The minimum absolute atomic E-state index is 0.149. The summed E-state index contributed by atoms with van der Waals surface area (Å²) >= 11 is 0. The Hall–Kier alpha value is -1.76. The first-order valence-corrected chi connectivity index (χ1v) is 7.30. The van der Waals surface area contributed by atoms with Gasteiger partial charge in [0.1, 0.15) is 0 Å². The van der Waals surface area contributed by atoms with Gasteiger partial charge in [-0.3, -0.25) is 0 Å². The van der Waals surface area contributed by atoms with Gasteiger partial charge in [0, 0.05) is 11.7 Å². The Morgan fingerprint density at radius 2 is 1.65 bits per heavy atom. The molecule has 106 valence electrons. The molecule has 0 aliphatic rings. The van der Waals surface area contributed by atoms with Crippen molar-refractivity contribution in [3.05, 3.63) is 65.2 Å². The van der Waals surface area contributed by atoms with Crippen molar-refractivity contribution < 1.29 is 0 Å². The SMILES string of the molecule is Cc1cccc(C(C)Nc2ccccc2C(C)(C)C)c1. The van der Waals surface area contributed by atoms with Gasteiger partial charge in [-0.05, 0) is 36.5 Å². The topological polar surface area (TPSA) is 12.0 Å². The summed E-state index contributed by atoms with van der Waals surface area (Å²) in [6, 6.07) is 17.6. The second-order valence-electron chi connectivity index (χ2n) is 6.58. The Labute approximate surface area is 123 Å². The van der Waals surface area contributed by atoms with Crippen LogP contribution in [0.25, 0.3) is 0 Å². The predicted octanol–water partition coefficient (Wildman–Crippen LogP) is 5.47. The molecule has 1 atom stereocenters. The summed E-state index contributed by atoms with van der Waals surface area (Å²) in [4.78, 5) is 0. The fraction of sp³-hybridized carbons (Fsp3) is 0.368. The molecule has 0 spiro atoms. The van der Waals surface area contributed by atoms with E-state index in [0.717, 1.165) is 0 Å². The number of hydrogen-bond acceptors (Lipinski definition) is 1. The summed E-state index contributed by atoms with van der Waals surface area (Å²) in [7, 11) is 0. The summed E-state index contributed by atoms with van der Waals surface area (Å²) in [5.74, 6) is 0. The summed E-state index contributed by atoms with van der Waals surface area (Å²) in [6.07, 6.45) is 0. The Balaban J connectivity index is 2.26. The van der Waals surface area contributed by atoms with Crippen molar-refractivity contribution >= 4 is 5.69 Å². The van der Waals surface area contributed by atoms with Gasteiger partial charge in [-0.25, -0.2) is 0 Å². The van der Waals surface area contributed by atoms with Crippen molar-refractivity contribution in [2.75, 3.05) is 5.32 Å². The van der Waals surface area contributed by atoms with Crippen LogP contribution in [-0.2, 0) is 5.41 Å². The number of rotatable bonds is 3. The van der Waals surface area contributed by atoms with Crippen LogP contribution in [0.4, 0.5) is 5.69 Å². The highest BCUT2D eigenvalue weighted by Crippen LogP contribution is 2.31. The zero-order chi connectivity index (χ0) is 14.8. The first-order chi connectivity index (χ1) is 9.38. The quantitative estimate of drug-likeness (QED) is 0.778. The molecular weight excluding hydrogens is 242 g/mol. The molecule has 1 heteroatoms. The molecule has 0 heterocycles. The molecule has 2 aromatic rings. The van der Waals surface area contributed by atoms with Gasteiger partial charge in [0.15, 0.2) is 0 Å². The zero-order valence-corrected chi connectivity index (χ0v) is 13.2. The predicted molar refractivity (Wildman–Crippen MR) is 88.4 cm³/mol. The Morgan fingerprint density at radius 1 is 0.950 bits per heavy atom. The molecule has 0 bridgehead atoms. The van der Waals surface area contributed by atoms with Crippen molar-refractivity contribution in [3.8, 4) is 0 Å². The molecule has 1 nitrogen and oxygen atoms in total. The number of para-hydroxylation sites is 1. The number of aryl methyl sites for hydroxylation is 1. The van der Waals surface area contributed by atoms with Crippen molar-refractivity contribution in [1.29, 1.82) is 0 Å². The van der Waals surface area contributed by atoms with Gasteiger partial charge < -0.3 is 5.32 Å². The molecule has 0 fully saturated rings. The Kier molecular flexibility index (Phi) is 4.17. The normalized spacial score (nSPS) is 13.1. The van der Waals surface area contributed by atoms with Gasteiger partial charge in [-0.1, -0.05) is 68.8 Å². The van der Waals surface area contributed by atoms with Gasteiger partial charge in [0.05, 0.1) is 0 Å². The maximum absolute atomic E-state index is 3.66. The largest absolute Gasteiger partial charge is 0.378 e. The van der Waals surface area contributed by atoms with Crippen molar-refractivity contribution in [1.82, 2.24) is 0 Å². The summed E-state index contributed by atoms with van der Waals surface area (Å²) in [6.45, 7) is 11.1. The first-order valence-electron chi connectivity index (χ1n) is 7.30. The molecule has 0 aliphatic heterocycles. The maximum Gasteiger partial charge on any atom is 0.0485 e. The van der Waals surface area contributed by atoms with Crippen LogP contribution < -0.4 is 5.32 Å². The van der Waals surface area contributed by atoms with E-state index in [1.165, 1.54) is 22.4 Å². The number of hydrogen-bond donors (Lipinski definition) is 1. The molecule has 1 N–H and O–H groups in total. The zero-order valence-electron chi connectivity index (χ0n) is 13.2. The lowest BCUT2D eigenvalue weighted by molar-refractivity contribution is 0.590. The molecule has 2 aromatic carbocycles. The lowest BCUT2D eigenvalue weighted by atomic mass is 9.85. The van der Waals surface area contributed by atoms with E-state index in [4.69, 9.17) is 0 Å². The maximum atomic E-state index is 3.66. The van der Waals surface area contributed by atoms with Crippen LogP contribution in [-0.4, -0.2) is 0 Å². The first kappa shape index (κ1) is 14.6. The van der Waals surface area contributed by atoms with Crippen LogP contribution in [0.2, 0.25) is 0 Å². The molecule has 20 heavy (non-hydrogen) atoms. The van der Waals surface area contributed by atoms with Gasteiger partial charge in [-0.15, -0.1) is 0 Å². The fourth-order valence-electron chi connectivity index (χ4n) is 2.52. The van der Waals surface area contributed by atoms with Gasteiger partial charge in [0.2, 0.25) is 0 Å². The molecule has 0 saturated carbocycles. The summed E-state index contributed by atoms with van der Waals surface area (Å²) < 4.78 is 0. The van der Waals surface area contributed by atoms with E-state index in [9.17, 15) is 0 Å². The molecule has 0 saturated heterocycles. The second-order valence-corrected chi connectivity index (χ2v) is 6.58. The van der Waals surface area contributed by atoms with Gasteiger partial charge in [0.25, 0.3) is 0 Å². The van der Waals surface area contributed by atoms with Gasteiger partial charge >= 0.3 is 0 Å². The van der Waals surface area contributed by atoms with Crippen LogP contribution in [0.1, 0.15) is 50.4 Å².